The lowest BCUT2D eigenvalue weighted by atomic mass is 10.1. The molecule has 0 spiro atoms. The number of carbonyl (C=O) groups is 2. The third-order valence-electron chi connectivity index (χ3n) is 1.86. The van der Waals surface area contributed by atoms with Gasteiger partial charge in [-0.15, -0.1) is 0 Å². The lowest BCUT2D eigenvalue weighted by Gasteiger charge is -2.02. The number of nitrogens with two attached hydrogens (primary N) is 1. The van der Waals surface area contributed by atoms with E-state index in [1.807, 2.05) is 0 Å². The van der Waals surface area contributed by atoms with E-state index in [9.17, 15) is 9.59 Å². The first kappa shape index (κ1) is 11.8. The Morgan fingerprint density at radius 1 is 1.56 bits per heavy atom. The first-order chi connectivity index (χ1) is 7.67. The Balaban J connectivity index is 2.93. The highest BCUT2D eigenvalue weighted by atomic mass is 16.5. The van der Waals surface area contributed by atoms with Crippen molar-refractivity contribution in [2.45, 2.75) is 6.42 Å². The summed E-state index contributed by atoms with van der Waals surface area (Å²) in [7, 11) is 1.48. The van der Waals surface area contributed by atoms with Gasteiger partial charge in [0, 0.05) is 5.56 Å². The van der Waals surface area contributed by atoms with Crippen LogP contribution in [0.4, 0.5) is 0 Å². The topological polar surface area (TPSA) is 69.4 Å². The number of primary amides is 1. The van der Waals surface area contributed by atoms with E-state index >= 15 is 0 Å². The molecule has 0 atom stereocenters. The Hall–Kier alpha value is -2.28. The van der Waals surface area contributed by atoms with Crippen LogP contribution in [0.5, 0.6) is 5.75 Å². The molecule has 1 rings (SSSR count). The molecule has 2 N–H and O–H groups in total. The molecule has 1 aromatic carbocycles. The summed E-state index contributed by atoms with van der Waals surface area (Å²) in [5.41, 5.74) is 6.08. The molecule has 0 heterocycles. The van der Waals surface area contributed by atoms with Crippen LogP contribution in [-0.2, 0) is 4.79 Å². The first-order valence-corrected chi connectivity index (χ1v) is 4.57. The van der Waals surface area contributed by atoms with E-state index < -0.39 is 5.91 Å². The van der Waals surface area contributed by atoms with Gasteiger partial charge in [0.05, 0.1) is 19.1 Å². The molecular weight excluding hydrogens is 206 g/mol. The summed E-state index contributed by atoms with van der Waals surface area (Å²) in [6.07, 6.45) is 0.719. The van der Waals surface area contributed by atoms with Gasteiger partial charge in [-0.05, 0) is 18.2 Å². The van der Waals surface area contributed by atoms with E-state index in [2.05, 4.69) is 11.8 Å². The van der Waals surface area contributed by atoms with Crippen molar-refractivity contribution in [3.63, 3.8) is 0 Å². The lowest BCUT2D eigenvalue weighted by molar-refractivity contribution is -0.117. The van der Waals surface area contributed by atoms with Gasteiger partial charge in [0.25, 0.3) is 0 Å². The number of methoxy groups -OCH3 is 1. The van der Waals surface area contributed by atoms with Crippen LogP contribution in [-0.4, -0.2) is 19.3 Å². The second kappa shape index (κ2) is 5.56. The molecule has 0 fully saturated rings. The van der Waals surface area contributed by atoms with Crippen LogP contribution in [0.2, 0.25) is 0 Å². The SMILES string of the molecule is COc1cc(C#CCC(N)=O)ccc1C=O. The summed E-state index contributed by atoms with van der Waals surface area (Å²) in [6.45, 7) is 0. The van der Waals surface area contributed by atoms with Gasteiger partial charge in [-0.2, -0.15) is 0 Å². The van der Waals surface area contributed by atoms with Crippen LogP contribution < -0.4 is 10.5 Å². The second-order valence-electron chi connectivity index (χ2n) is 3.02. The standard InChI is InChI=1S/C12H11NO3/c1-16-11-7-9(3-2-4-12(13)15)5-6-10(11)8-14/h5-8H,4H2,1H3,(H2,13,15). The van der Waals surface area contributed by atoms with Gasteiger partial charge < -0.3 is 10.5 Å². The van der Waals surface area contributed by atoms with Gasteiger partial charge in [-0.25, -0.2) is 0 Å². The fourth-order valence-electron chi connectivity index (χ4n) is 1.12. The summed E-state index contributed by atoms with van der Waals surface area (Å²) in [4.78, 5) is 21.1. The fraction of sp³-hybridized carbons (Fsp3) is 0.167. The molecule has 0 bridgehead atoms. The lowest BCUT2D eigenvalue weighted by Crippen LogP contribution is -2.08. The van der Waals surface area contributed by atoms with Crippen LogP contribution >= 0.6 is 0 Å². The zero-order valence-electron chi connectivity index (χ0n) is 8.82. The number of carbonyl (C=O) groups excluding carboxylic acids is 2. The van der Waals surface area contributed by atoms with Gasteiger partial charge >= 0.3 is 0 Å². The molecule has 82 valence electrons. The molecule has 0 saturated carbocycles. The third kappa shape index (κ3) is 3.14. The van der Waals surface area contributed by atoms with Crippen molar-refractivity contribution in [2.24, 2.45) is 5.73 Å². The highest BCUT2D eigenvalue weighted by molar-refractivity contribution is 5.80. The maximum absolute atomic E-state index is 10.6. The van der Waals surface area contributed by atoms with Gasteiger partial charge in [0.2, 0.25) is 5.91 Å². The maximum atomic E-state index is 10.6. The van der Waals surface area contributed by atoms with Gasteiger partial charge in [0.1, 0.15) is 5.75 Å². The number of ether oxygens (including phenoxy) is 1. The van der Waals surface area contributed by atoms with Crippen LogP contribution in [0.25, 0.3) is 0 Å². The summed E-state index contributed by atoms with van der Waals surface area (Å²) < 4.78 is 5.01. The summed E-state index contributed by atoms with van der Waals surface area (Å²) in [5.74, 6) is 5.37. The van der Waals surface area contributed by atoms with E-state index in [1.165, 1.54) is 7.11 Å². The van der Waals surface area contributed by atoms with Crippen molar-refractivity contribution in [2.75, 3.05) is 7.11 Å². The molecule has 0 radical (unpaired) electrons. The molecule has 4 nitrogen and oxygen atoms in total. The van der Waals surface area contributed by atoms with Crippen molar-refractivity contribution in [3.8, 4) is 17.6 Å². The average Bonchev–Trinajstić information content (AvgIpc) is 2.28. The number of hydrogen-bond acceptors (Lipinski definition) is 3. The Morgan fingerprint density at radius 2 is 2.31 bits per heavy atom. The van der Waals surface area contributed by atoms with Crippen molar-refractivity contribution in [1.29, 1.82) is 0 Å². The molecule has 0 aliphatic heterocycles. The Labute approximate surface area is 93.4 Å². The van der Waals surface area contributed by atoms with E-state index in [0.717, 1.165) is 0 Å². The normalized spacial score (nSPS) is 8.81. The van der Waals surface area contributed by atoms with Gasteiger partial charge in [0.15, 0.2) is 6.29 Å². The largest absolute Gasteiger partial charge is 0.496 e. The predicted octanol–water partition coefficient (Wildman–Crippen LogP) is 0.735. The molecule has 4 heteroatoms. The second-order valence-corrected chi connectivity index (χ2v) is 3.02. The maximum Gasteiger partial charge on any atom is 0.229 e. The molecule has 0 unspecified atom stereocenters. The molecule has 1 amide bonds. The molecule has 0 aromatic heterocycles. The molecule has 0 aliphatic rings. The molecule has 0 saturated heterocycles. The van der Waals surface area contributed by atoms with Crippen LogP contribution in [0.3, 0.4) is 0 Å². The highest BCUT2D eigenvalue weighted by Gasteiger charge is 2.01. The monoisotopic (exact) mass is 217 g/mol. The van der Waals surface area contributed by atoms with E-state index in [4.69, 9.17) is 10.5 Å². The summed E-state index contributed by atoms with van der Waals surface area (Å²) in [5, 5.41) is 0. The van der Waals surface area contributed by atoms with Gasteiger partial charge in [-0.3, -0.25) is 9.59 Å². The van der Waals surface area contributed by atoms with E-state index in [1.54, 1.807) is 18.2 Å². The molecule has 1 aromatic rings. The number of rotatable bonds is 3. The third-order valence-corrected chi connectivity index (χ3v) is 1.86. The van der Waals surface area contributed by atoms with Crippen LogP contribution in [0, 0.1) is 11.8 Å². The Morgan fingerprint density at radius 3 is 2.88 bits per heavy atom. The summed E-state index contributed by atoms with van der Waals surface area (Å²) in [6, 6.07) is 4.93. The van der Waals surface area contributed by atoms with Crippen LogP contribution in [0.1, 0.15) is 22.3 Å². The predicted molar refractivity (Wildman–Crippen MR) is 59.1 cm³/mol. The minimum absolute atomic E-state index is 0.0117. The smallest absolute Gasteiger partial charge is 0.229 e. The van der Waals surface area contributed by atoms with Crippen molar-refractivity contribution < 1.29 is 14.3 Å². The first-order valence-electron chi connectivity index (χ1n) is 4.57. The van der Waals surface area contributed by atoms with E-state index in [0.29, 0.717) is 23.2 Å². The quantitative estimate of drug-likeness (QED) is 0.599. The number of aldehydes is 1. The Kier molecular flexibility index (Phi) is 4.10. The average molecular weight is 217 g/mol. The molecule has 16 heavy (non-hydrogen) atoms. The number of benzene rings is 1. The minimum atomic E-state index is -0.469. The summed E-state index contributed by atoms with van der Waals surface area (Å²) >= 11 is 0. The highest BCUT2D eigenvalue weighted by Crippen LogP contribution is 2.17. The molecule has 0 aliphatic carbocycles. The number of hydrogen-bond donors (Lipinski definition) is 1. The molecular formula is C12H11NO3. The fourth-order valence-corrected chi connectivity index (χ4v) is 1.12. The van der Waals surface area contributed by atoms with Crippen LogP contribution in [0.15, 0.2) is 18.2 Å². The zero-order valence-corrected chi connectivity index (χ0v) is 8.82. The van der Waals surface area contributed by atoms with Gasteiger partial charge in [-0.1, -0.05) is 11.8 Å². The van der Waals surface area contributed by atoms with Crippen molar-refractivity contribution >= 4 is 12.2 Å². The number of amides is 1. The zero-order chi connectivity index (χ0) is 12.0. The minimum Gasteiger partial charge on any atom is -0.496 e. The van der Waals surface area contributed by atoms with E-state index in [-0.39, 0.29) is 6.42 Å². The Bertz CT molecular complexity index is 469. The van der Waals surface area contributed by atoms with Crippen molar-refractivity contribution in [3.05, 3.63) is 29.3 Å². The van der Waals surface area contributed by atoms with Crippen molar-refractivity contribution in [1.82, 2.24) is 0 Å².